The van der Waals surface area contributed by atoms with E-state index >= 15 is 0 Å². The molecule has 1 aliphatic rings. The first-order valence-electron chi connectivity index (χ1n) is 7.61. The Morgan fingerprint density at radius 3 is 2.36 bits per heavy atom. The van der Waals surface area contributed by atoms with Gasteiger partial charge in [0.25, 0.3) is 0 Å². The van der Waals surface area contributed by atoms with E-state index in [1.165, 1.54) is 5.56 Å². The highest BCUT2D eigenvalue weighted by Crippen LogP contribution is 2.27. The number of ether oxygens (including phenoxy) is 1. The molecule has 2 aromatic carbocycles. The minimum atomic E-state index is 0.834. The van der Waals surface area contributed by atoms with Gasteiger partial charge in [0.05, 0.1) is 17.8 Å². The number of methoxy groups -OCH3 is 1. The van der Waals surface area contributed by atoms with E-state index in [1.54, 1.807) is 7.11 Å². The maximum absolute atomic E-state index is 6.29. The predicted octanol–water partition coefficient (Wildman–Crippen LogP) is 3.67. The van der Waals surface area contributed by atoms with Crippen LogP contribution in [0.3, 0.4) is 0 Å². The lowest BCUT2D eigenvalue weighted by Gasteiger charge is -2.36. The third kappa shape index (κ3) is 3.37. The number of rotatable bonds is 4. The fourth-order valence-corrected chi connectivity index (χ4v) is 3.18. The Kier molecular flexibility index (Phi) is 4.86. The van der Waals surface area contributed by atoms with Gasteiger partial charge in [-0.25, -0.2) is 0 Å². The molecule has 4 heteroatoms. The lowest BCUT2D eigenvalue weighted by atomic mass is 10.1. The molecule has 3 nitrogen and oxygen atoms in total. The molecule has 0 radical (unpaired) electrons. The van der Waals surface area contributed by atoms with Crippen LogP contribution in [0.4, 0.5) is 5.69 Å². The highest BCUT2D eigenvalue weighted by atomic mass is 35.5. The van der Waals surface area contributed by atoms with Crippen molar-refractivity contribution >= 4 is 17.3 Å². The van der Waals surface area contributed by atoms with Crippen molar-refractivity contribution in [2.75, 3.05) is 38.2 Å². The van der Waals surface area contributed by atoms with E-state index in [0.717, 1.165) is 49.2 Å². The fourth-order valence-electron chi connectivity index (χ4n) is 2.93. The quantitative estimate of drug-likeness (QED) is 0.856. The minimum Gasteiger partial charge on any atom is -0.496 e. The van der Waals surface area contributed by atoms with E-state index in [1.807, 2.05) is 30.3 Å². The van der Waals surface area contributed by atoms with Gasteiger partial charge in [0.15, 0.2) is 0 Å². The molecule has 1 heterocycles. The Hall–Kier alpha value is -1.71. The van der Waals surface area contributed by atoms with E-state index < -0.39 is 0 Å². The van der Waals surface area contributed by atoms with Crippen LogP contribution in [0.5, 0.6) is 5.75 Å². The summed E-state index contributed by atoms with van der Waals surface area (Å²) in [7, 11) is 1.73. The van der Waals surface area contributed by atoms with E-state index in [2.05, 4.69) is 28.0 Å². The van der Waals surface area contributed by atoms with Gasteiger partial charge >= 0.3 is 0 Å². The van der Waals surface area contributed by atoms with Gasteiger partial charge in [-0.3, -0.25) is 4.90 Å². The Morgan fingerprint density at radius 2 is 1.64 bits per heavy atom. The number of hydrogen-bond donors (Lipinski definition) is 0. The molecular formula is C18H21ClN2O. The maximum Gasteiger partial charge on any atom is 0.123 e. The SMILES string of the molecule is COc1ccccc1CN1CCN(c2ccccc2Cl)CC1. The zero-order valence-electron chi connectivity index (χ0n) is 12.8. The van der Waals surface area contributed by atoms with Crippen LogP contribution in [0, 0.1) is 0 Å². The van der Waals surface area contributed by atoms with Gasteiger partial charge in [-0.1, -0.05) is 41.9 Å². The highest BCUT2D eigenvalue weighted by molar-refractivity contribution is 6.33. The summed E-state index contributed by atoms with van der Waals surface area (Å²) < 4.78 is 5.44. The number of piperazine rings is 1. The zero-order valence-corrected chi connectivity index (χ0v) is 13.6. The standard InChI is InChI=1S/C18H21ClN2O/c1-22-18-9-5-2-6-15(18)14-20-10-12-21(13-11-20)17-8-4-3-7-16(17)19/h2-9H,10-14H2,1H3. The number of anilines is 1. The summed E-state index contributed by atoms with van der Waals surface area (Å²) in [5.74, 6) is 0.969. The van der Waals surface area contributed by atoms with Crippen molar-refractivity contribution < 1.29 is 4.74 Å². The first kappa shape index (κ1) is 15.2. The van der Waals surface area contributed by atoms with Gasteiger partial charge in [-0.05, 0) is 18.2 Å². The average molecular weight is 317 g/mol. The summed E-state index contributed by atoms with van der Waals surface area (Å²) >= 11 is 6.29. The Bertz CT molecular complexity index is 624. The summed E-state index contributed by atoms with van der Waals surface area (Å²) in [6, 6.07) is 16.3. The summed E-state index contributed by atoms with van der Waals surface area (Å²) in [4.78, 5) is 4.83. The Morgan fingerprint density at radius 1 is 0.955 bits per heavy atom. The largest absolute Gasteiger partial charge is 0.496 e. The van der Waals surface area contributed by atoms with Gasteiger partial charge < -0.3 is 9.64 Å². The van der Waals surface area contributed by atoms with Gasteiger partial charge in [0.1, 0.15) is 5.75 Å². The Balaban J connectivity index is 1.61. The van der Waals surface area contributed by atoms with Gasteiger partial charge in [0.2, 0.25) is 0 Å². The normalized spacial score (nSPS) is 15.8. The second-order valence-electron chi connectivity index (χ2n) is 5.53. The van der Waals surface area contributed by atoms with Crippen LogP contribution in [-0.2, 0) is 6.54 Å². The minimum absolute atomic E-state index is 0.834. The molecule has 1 fully saturated rings. The van der Waals surface area contributed by atoms with E-state index in [0.29, 0.717) is 0 Å². The molecule has 0 N–H and O–H groups in total. The van der Waals surface area contributed by atoms with Crippen molar-refractivity contribution in [3.8, 4) is 5.75 Å². The van der Waals surface area contributed by atoms with Crippen LogP contribution in [0.2, 0.25) is 5.02 Å². The van der Waals surface area contributed by atoms with Crippen LogP contribution >= 0.6 is 11.6 Å². The molecule has 0 saturated carbocycles. The fraction of sp³-hybridized carbons (Fsp3) is 0.333. The van der Waals surface area contributed by atoms with E-state index in [4.69, 9.17) is 16.3 Å². The van der Waals surface area contributed by atoms with Crippen molar-refractivity contribution in [3.63, 3.8) is 0 Å². The molecule has 0 aliphatic carbocycles. The maximum atomic E-state index is 6.29. The van der Waals surface area contributed by atoms with Crippen molar-refractivity contribution in [1.29, 1.82) is 0 Å². The van der Waals surface area contributed by atoms with Crippen LogP contribution in [0.1, 0.15) is 5.56 Å². The van der Waals surface area contributed by atoms with Crippen molar-refractivity contribution in [3.05, 3.63) is 59.1 Å². The molecule has 0 atom stereocenters. The van der Waals surface area contributed by atoms with Crippen LogP contribution in [0.15, 0.2) is 48.5 Å². The molecule has 0 aromatic heterocycles. The molecule has 1 aliphatic heterocycles. The summed E-state index contributed by atoms with van der Waals surface area (Å²) in [5.41, 5.74) is 2.39. The molecule has 116 valence electrons. The van der Waals surface area contributed by atoms with E-state index in [-0.39, 0.29) is 0 Å². The molecule has 1 saturated heterocycles. The second-order valence-corrected chi connectivity index (χ2v) is 5.93. The van der Waals surface area contributed by atoms with E-state index in [9.17, 15) is 0 Å². The van der Waals surface area contributed by atoms with Crippen LogP contribution in [0.25, 0.3) is 0 Å². The predicted molar refractivity (Wildman–Crippen MR) is 91.9 cm³/mol. The van der Waals surface area contributed by atoms with Crippen molar-refractivity contribution in [2.24, 2.45) is 0 Å². The molecular weight excluding hydrogens is 296 g/mol. The summed E-state index contributed by atoms with van der Waals surface area (Å²) in [6.45, 7) is 4.99. The Labute approximate surface area is 137 Å². The second kappa shape index (κ2) is 7.03. The molecule has 2 aromatic rings. The third-order valence-corrected chi connectivity index (χ3v) is 4.47. The third-order valence-electron chi connectivity index (χ3n) is 4.15. The molecule has 3 rings (SSSR count). The molecule has 0 spiro atoms. The number of benzene rings is 2. The molecule has 22 heavy (non-hydrogen) atoms. The lowest BCUT2D eigenvalue weighted by Crippen LogP contribution is -2.46. The average Bonchev–Trinajstić information content (AvgIpc) is 2.57. The number of nitrogens with zero attached hydrogens (tertiary/aromatic N) is 2. The summed E-state index contributed by atoms with van der Waals surface area (Å²) in [5, 5.41) is 0.834. The monoisotopic (exact) mass is 316 g/mol. The molecule has 0 unspecified atom stereocenters. The van der Waals surface area contributed by atoms with Crippen LogP contribution < -0.4 is 9.64 Å². The lowest BCUT2D eigenvalue weighted by molar-refractivity contribution is 0.246. The van der Waals surface area contributed by atoms with Gasteiger partial charge in [-0.2, -0.15) is 0 Å². The zero-order chi connectivity index (χ0) is 15.4. The molecule has 0 amide bonds. The highest BCUT2D eigenvalue weighted by Gasteiger charge is 2.19. The molecule has 0 bridgehead atoms. The van der Waals surface area contributed by atoms with Gasteiger partial charge in [-0.15, -0.1) is 0 Å². The van der Waals surface area contributed by atoms with Crippen LogP contribution in [-0.4, -0.2) is 38.2 Å². The van der Waals surface area contributed by atoms with Crippen molar-refractivity contribution in [2.45, 2.75) is 6.54 Å². The smallest absolute Gasteiger partial charge is 0.123 e. The number of para-hydroxylation sites is 2. The topological polar surface area (TPSA) is 15.7 Å². The first-order valence-corrected chi connectivity index (χ1v) is 7.99. The van der Waals surface area contributed by atoms with Crippen molar-refractivity contribution in [1.82, 2.24) is 4.90 Å². The summed E-state index contributed by atoms with van der Waals surface area (Å²) in [6.07, 6.45) is 0. The van der Waals surface area contributed by atoms with Gasteiger partial charge in [0, 0.05) is 38.3 Å². The first-order chi connectivity index (χ1) is 10.8. The number of hydrogen-bond acceptors (Lipinski definition) is 3. The number of halogens is 1.